The molecule has 0 aliphatic heterocycles. The molecule has 104 valence electrons. The van der Waals surface area contributed by atoms with E-state index in [0.29, 0.717) is 0 Å². The Kier molecular flexibility index (Phi) is 5.04. The summed E-state index contributed by atoms with van der Waals surface area (Å²) in [5, 5.41) is 15.0. The minimum atomic E-state index is -1.18. The number of carboxylic acids is 1. The van der Waals surface area contributed by atoms with Crippen LogP contribution in [0.5, 0.6) is 0 Å². The molecule has 0 aliphatic carbocycles. The third-order valence-corrected chi connectivity index (χ3v) is 2.35. The second-order valence-electron chi connectivity index (χ2n) is 3.66. The fraction of sp³-hybridized carbons (Fsp3) is 0.455. The van der Waals surface area contributed by atoms with Crippen LogP contribution in [0.2, 0.25) is 0 Å². The quantitative estimate of drug-likeness (QED) is 0.693. The van der Waals surface area contributed by atoms with Crippen LogP contribution in [0.1, 0.15) is 30.4 Å². The maximum atomic E-state index is 11.8. The van der Waals surface area contributed by atoms with Crippen LogP contribution in [0.25, 0.3) is 0 Å². The molecule has 1 atom stereocenters. The van der Waals surface area contributed by atoms with Crippen LogP contribution in [0.4, 0.5) is 0 Å². The normalized spacial score (nSPS) is 11.7. The number of nitrogens with one attached hydrogen (secondary N) is 1. The molecule has 0 aromatic carbocycles. The smallest absolute Gasteiger partial charge is 0.354 e. The molecule has 1 rings (SSSR count). The molecular weight excluding hydrogens is 254 g/mol. The zero-order valence-electron chi connectivity index (χ0n) is 10.6. The summed E-state index contributed by atoms with van der Waals surface area (Å²) in [6, 6.07) is 0.452. The summed E-state index contributed by atoms with van der Waals surface area (Å²) in [6.45, 7) is 3.11. The summed E-state index contributed by atoms with van der Waals surface area (Å²) in [6.07, 6.45) is 1.29. The highest BCUT2D eigenvalue weighted by molar-refractivity contribution is 5.88. The zero-order chi connectivity index (χ0) is 14.4. The lowest BCUT2D eigenvalue weighted by molar-refractivity contribution is -0.143. The van der Waals surface area contributed by atoms with Crippen molar-refractivity contribution in [2.24, 2.45) is 0 Å². The molecule has 1 heterocycles. The van der Waals surface area contributed by atoms with Gasteiger partial charge in [-0.25, -0.2) is 9.48 Å². The lowest BCUT2D eigenvalue weighted by Gasteiger charge is -2.13. The first kappa shape index (κ1) is 14.7. The van der Waals surface area contributed by atoms with Gasteiger partial charge in [0.05, 0.1) is 6.61 Å². The molecule has 0 aliphatic rings. The van der Waals surface area contributed by atoms with Crippen molar-refractivity contribution in [2.75, 3.05) is 13.2 Å². The van der Waals surface area contributed by atoms with E-state index in [0.717, 1.165) is 4.68 Å². The van der Waals surface area contributed by atoms with Gasteiger partial charge in [-0.1, -0.05) is 0 Å². The fourth-order valence-corrected chi connectivity index (χ4v) is 1.42. The van der Waals surface area contributed by atoms with Crippen molar-refractivity contribution < 1.29 is 24.2 Å². The van der Waals surface area contributed by atoms with Gasteiger partial charge in [0.15, 0.2) is 0 Å². The molecule has 8 heteroatoms. The van der Waals surface area contributed by atoms with Crippen molar-refractivity contribution in [1.82, 2.24) is 15.1 Å². The van der Waals surface area contributed by atoms with Gasteiger partial charge in [0.25, 0.3) is 0 Å². The van der Waals surface area contributed by atoms with Crippen LogP contribution in [0.3, 0.4) is 0 Å². The van der Waals surface area contributed by atoms with E-state index in [1.54, 1.807) is 6.92 Å². The number of esters is 1. The molecular formula is C11H15N3O5. The Morgan fingerprint density at radius 1 is 1.53 bits per heavy atom. The first-order chi connectivity index (χ1) is 8.97. The van der Waals surface area contributed by atoms with Gasteiger partial charge in [-0.15, -0.1) is 0 Å². The number of carboxylic acid groups (broad SMARTS) is 1. The lowest BCUT2D eigenvalue weighted by Crippen LogP contribution is -2.36. The number of aromatic carboxylic acids is 1. The van der Waals surface area contributed by atoms with Crippen LogP contribution in [-0.2, 0) is 14.3 Å². The van der Waals surface area contributed by atoms with Crippen molar-refractivity contribution in [2.45, 2.75) is 19.9 Å². The second-order valence-corrected chi connectivity index (χ2v) is 3.66. The molecule has 1 amide bonds. The number of ether oxygens (including phenoxy) is 1. The van der Waals surface area contributed by atoms with E-state index in [2.05, 4.69) is 15.2 Å². The summed E-state index contributed by atoms with van der Waals surface area (Å²) in [7, 11) is 0. The van der Waals surface area contributed by atoms with E-state index in [9.17, 15) is 14.4 Å². The second kappa shape index (κ2) is 6.53. The molecule has 2 N–H and O–H groups in total. The number of amides is 1. The highest BCUT2D eigenvalue weighted by atomic mass is 16.5. The van der Waals surface area contributed by atoms with Gasteiger partial charge in [-0.2, -0.15) is 5.10 Å². The Morgan fingerprint density at radius 2 is 2.21 bits per heavy atom. The molecule has 0 spiro atoms. The molecule has 8 nitrogen and oxygen atoms in total. The van der Waals surface area contributed by atoms with Gasteiger partial charge in [-0.3, -0.25) is 9.59 Å². The Labute approximate surface area is 109 Å². The van der Waals surface area contributed by atoms with Crippen molar-refractivity contribution in [3.63, 3.8) is 0 Å². The third-order valence-electron chi connectivity index (χ3n) is 2.35. The Bertz CT molecular complexity index is 482. The van der Waals surface area contributed by atoms with Crippen LogP contribution < -0.4 is 5.32 Å². The lowest BCUT2D eigenvalue weighted by atomic mass is 10.3. The molecule has 0 bridgehead atoms. The van der Waals surface area contributed by atoms with Crippen LogP contribution >= 0.6 is 0 Å². The number of carbonyl (C=O) groups excluding carboxylic acids is 2. The minimum absolute atomic E-state index is 0.0983. The Hall–Kier alpha value is -2.38. The number of hydrogen-bond donors (Lipinski definition) is 2. The number of hydrogen-bond acceptors (Lipinski definition) is 5. The number of carbonyl (C=O) groups is 3. The third kappa shape index (κ3) is 3.80. The predicted octanol–water partition coefficient (Wildman–Crippen LogP) is -0.178. The average molecular weight is 269 g/mol. The largest absolute Gasteiger partial charge is 0.477 e. The predicted molar refractivity (Wildman–Crippen MR) is 63.5 cm³/mol. The van der Waals surface area contributed by atoms with E-state index in [1.165, 1.54) is 19.2 Å². The van der Waals surface area contributed by atoms with Gasteiger partial charge in [-0.05, 0) is 19.9 Å². The van der Waals surface area contributed by atoms with Gasteiger partial charge in [0, 0.05) is 6.20 Å². The summed E-state index contributed by atoms with van der Waals surface area (Å²) in [5.74, 6) is -2.25. The summed E-state index contributed by atoms with van der Waals surface area (Å²) < 4.78 is 5.73. The molecule has 0 radical (unpaired) electrons. The SMILES string of the molecule is CCOC(=O)CNC(=O)C(C)n1nccc1C(=O)O. The standard InChI is InChI=1S/C11H15N3O5/c1-3-19-9(15)6-12-10(16)7(2)14-8(11(17)18)4-5-13-14/h4-5,7H,3,6H2,1-2H3,(H,12,16)(H,17,18). The number of aromatic nitrogens is 2. The zero-order valence-corrected chi connectivity index (χ0v) is 10.6. The molecule has 1 aromatic heterocycles. The Balaban J connectivity index is 2.64. The summed E-state index contributed by atoms with van der Waals surface area (Å²) >= 11 is 0. The van der Waals surface area contributed by atoms with Crippen molar-refractivity contribution in [3.05, 3.63) is 18.0 Å². The highest BCUT2D eigenvalue weighted by Crippen LogP contribution is 2.09. The molecule has 0 saturated carbocycles. The monoisotopic (exact) mass is 269 g/mol. The topological polar surface area (TPSA) is 111 Å². The molecule has 1 unspecified atom stereocenters. The van der Waals surface area contributed by atoms with E-state index in [1.807, 2.05) is 0 Å². The van der Waals surface area contributed by atoms with E-state index in [4.69, 9.17) is 5.11 Å². The molecule has 0 fully saturated rings. The van der Waals surface area contributed by atoms with Gasteiger partial charge in [0.1, 0.15) is 18.3 Å². The maximum Gasteiger partial charge on any atom is 0.354 e. The highest BCUT2D eigenvalue weighted by Gasteiger charge is 2.21. The van der Waals surface area contributed by atoms with Crippen molar-refractivity contribution >= 4 is 17.8 Å². The van der Waals surface area contributed by atoms with Gasteiger partial charge in [0.2, 0.25) is 5.91 Å². The average Bonchev–Trinajstić information content (AvgIpc) is 2.84. The van der Waals surface area contributed by atoms with E-state index < -0.39 is 23.9 Å². The van der Waals surface area contributed by atoms with E-state index >= 15 is 0 Å². The fourth-order valence-electron chi connectivity index (χ4n) is 1.42. The molecule has 19 heavy (non-hydrogen) atoms. The summed E-state index contributed by atoms with van der Waals surface area (Å²) in [5.41, 5.74) is -0.0983. The number of rotatable bonds is 6. The first-order valence-corrected chi connectivity index (χ1v) is 5.67. The van der Waals surface area contributed by atoms with Crippen molar-refractivity contribution in [3.8, 4) is 0 Å². The van der Waals surface area contributed by atoms with Crippen LogP contribution in [0, 0.1) is 0 Å². The summed E-state index contributed by atoms with van der Waals surface area (Å²) in [4.78, 5) is 33.7. The van der Waals surface area contributed by atoms with Gasteiger partial charge < -0.3 is 15.2 Å². The first-order valence-electron chi connectivity index (χ1n) is 5.67. The maximum absolute atomic E-state index is 11.8. The van der Waals surface area contributed by atoms with Crippen LogP contribution in [-0.4, -0.2) is 45.9 Å². The Morgan fingerprint density at radius 3 is 2.79 bits per heavy atom. The number of nitrogens with zero attached hydrogens (tertiary/aromatic N) is 2. The van der Waals surface area contributed by atoms with E-state index in [-0.39, 0.29) is 18.8 Å². The van der Waals surface area contributed by atoms with Crippen LogP contribution in [0.15, 0.2) is 12.3 Å². The minimum Gasteiger partial charge on any atom is -0.477 e. The molecule has 1 aromatic rings. The van der Waals surface area contributed by atoms with Gasteiger partial charge >= 0.3 is 11.9 Å². The van der Waals surface area contributed by atoms with Crippen molar-refractivity contribution in [1.29, 1.82) is 0 Å². The molecule has 0 saturated heterocycles.